The van der Waals surface area contributed by atoms with Gasteiger partial charge in [0, 0.05) is 24.8 Å². The number of likely N-dealkylation sites (tertiary alicyclic amines) is 1. The summed E-state index contributed by atoms with van der Waals surface area (Å²) in [5.74, 6) is 2.68. The summed E-state index contributed by atoms with van der Waals surface area (Å²) < 4.78 is 5.29. The number of nitrogens with one attached hydrogen (secondary N) is 2. The van der Waals surface area contributed by atoms with Crippen LogP contribution in [0, 0.1) is 6.92 Å². The third-order valence-corrected chi connectivity index (χ3v) is 7.08. The van der Waals surface area contributed by atoms with Crippen molar-refractivity contribution in [2.75, 3.05) is 30.8 Å². The Hall–Kier alpha value is -3.09. The Balaban J connectivity index is 1.37. The molecule has 0 bridgehead atoms. The zero-order valence-corrected chi connectivity index (χ0v) is 18.9. The normalized spacial score (nSPS) is 21.2. The molecule has 0 radical (unpaired) electrons. The summed E-state index contributed by atoms with van der Waals surface area (Å²) in [4.78, 5) is 24.9. The van der Waals surface area contributed by atoms with Crippen LogP contribution in [0.3, 0.4) is 0 Å². The van der Waals surface area contributed by atoms with Gasteiger partial charge < -0.3 is 20.3 Å². The van der Waals surface area contributed by atoms with Gasteiger partial charge in [0.1, 0.15) is 11.6 Å². The molecule has 1 spiro atoms. The Kier molecular flexibility index (Phi) is 5.49. The molecule has 2 fully saturated rings. The van der Waals surface area contributed by atoms with Gasteiger partial charge in [-0.25, -0.2) is 4.98 Å². The van der Waals surface area contributed by atoms with Gasteiger partial charge >= 0.3 is 0 Å². The Morgan fingerprint density at radius 1 is 1.22 bits per heavy atom. The molecule has 3 heterocycles. The van der Waals surface area contributed by atoms with Crippen molar-refractivity contribution in [2.45, 2.75) is 57.0 Å². The van der Waals surface area contributed by atoms with Crippen LogP contribution in [0.15, 0.2) is 41.5 Å². The van der Waals surface area contributed by atoms with Crippen LogP contribution in [0.1, 0.15) is 54.4 Å². The number of rotatable bonds is 3. The van der Waals surface area contributed by atoms with Gasteiger partial charge in [-0.05, 0) is 68.5 Å². The lowest BCUT2D eigenvalue weighted by atomic mass is 9.83. The number of amidine groups is 1. The van der Waals surface area contributed by atoms with E-state index in [-0.39, 0.29) is 11.4 Å². The van der Waals surface area contributed by atoms with Crippen LogP contribution in [0.25, 0.3) is 0 Å². The van der Waals surface area contributed by atoms with E-state index in [9.17, 15) is 4.79 Å². The van der Waals surface area contributed by atoms with Crippen molar-refractivity contribution in [3.8, 4) is 5.75 Å². The second kappa shape index (κ2) is 8.45. The maximum Gasteiger partial charge on any atom is 0.254 e. The molecule has 168 valence electrons. The number of hydrogen-bond acceptors (Lipinski definition) is 5. The zero-order chi connectivity index (χ0) is 22.1. The second-order valence-corrected chi connectivity index (χ2v) is 9.12. The molecule has 7 heteroatoms. The number of carbonyl (C=O) groups excluding carboxylic acids is 1. The number of ether oxygens (including phenoxy) is 1. The SMILES string of the molecule is COc1ccc(C(=O)N2CCC3(CC2)Nc2cccnc2NC3=NC2CCCC2)c(C)c1. The first-order valence-electron chi connectivity index (χ1n) is 11.6. The lowest BCUT2D eigenvalue weighted by molar-refractivity contribution is 0.0704. The number of piperidine rings is 1. The van der Waals surface area contributed by atoms with Crippen LogP contribution in [-0.2, 0) is 0 Å². The average Bonchev–Trinajstić information content (AvgIpc) is 3.33. The van der Waals surface area contributed by atoms with E-state index >= 15 is 0 Å². The van der Waals surface area contributed by atoms with Crippen LogP contribution in [0.5, 0.6) is 5.75 Å². The fourth-order valence-corrected chi connectivity index (χ4v) is 5.15. The first kappa shape index (κ1) is 20.8. The summed E-state index contributed by atoms with van der Waals surface area (Å²) in [5.41, 5.74) is 2.40. The number of amides is 1. The predicted molar refractivity (Wildman–Crippen MR) is 127 cm³/mol. The molecule has 7 nitrogen and oxygen atoms in total. The molecular weight excluding hydrogens is 402 g/mol. The van der Waals surface area contributed by atoms with Crippen molar-refractivity contribution in [1.82, 2.24) is 9.88 Å². The number of benzene rings is 1. The van der Waals surface area contributed by atoms with Gasteiger partial charge in [-0.15, -0.1) is 0 Å². The highest BCUT2D eigenvalue weighted by atomic mass is 16.5. The Morgan fingerprint density at radius 2 is 2.00 bits per heavy atom. The zero-order valence-electron chi connectivity index (χ0n) is 18.9. The number of methoxy groups -OCH3 is 1. The van der Waals surface area contributed by atoms with Crippen molar-refractivity contribution >= 4 is 23.2 Å². The Labute approximate surface area is 189 Å². The minimum absolute atomic E-state index is 0.0834. The van der Waals surface area contributed by atoms with E-state index in [1.54, 1.807) is 13.3 Å². The number of hydrogen-bond donors (Lipinski definition) is 2. The minimum atomic E-state index is -0.287. The summed E-state index contributed by atoms with van der Waals surface area (Å²) in [6.45, 7) is 3.32. The summed E-state index contributed by atoms with van der Waals surface area (Å²) in [6.07, 6.45) is 8.22. The number of fused-ring (bicyclic) bond motifs is 1. The molecule has 2 aromatic rings. The predicted octanol–water partition coefficient (Wildman–Crippen LogP) is 4.25. The van der Waals surface area contributed by atoms with Gasteiger partial charge in [0.15, 0.2) is 5.82 Å². The number of anilines is 2. The minimum Gasteiger partial charge on any atom is -0.497 e. The topological polar surface area (TPSA) is 78.8 Å². The number of pyridine rings is 1. The van der Waals surface area contributed by atoms with E-state index in [0.29, 0.717) is 19.1 Å². The lowest BCUT2D eigenvalue weighted by Crippen LogP contribution is -2.59. The Morgan fingerprint density at radius 3 is 2.72 bits per heavy atom. The molecule has 2 aliphatic heterocycles. The monoisotopic (exact) mass is 433 g/mol. The summed E-state index contributed by atoms with van der Waals surface area (Å²) in [5, 5.41) is 7.29. The first-order valence-corrected chi connectivity index (χ1v) is 11.6. The number of carbonyl (C=O) groups is 1. The molecule has 0 atom stereocenters. The molecule has 3 aliphatic rings. The van der Waals surface area contributed by atoms with Crippen molar-refractivity contribution in [3.05, 3.63) is 47.7 Å². The molecule has 1 saturated heterocycles. The van der Waals surface area contributed by atoms with Crippen LogP contribution in [0.4, 0.5) is 11.5 Å². The van der Waals surface area contributed by atoms with Crippen molar-refractivity contribution in [1.29, 1.82) is 0 Å². The molecule has 32 heavy (non-hydrogen) atoms. The van der Waals surface area contributed by atoms with Crippen LogP contribution in [-0.4, -0.2) is 53.4 Å². The van der Waals surface area contributed by atoms with Crippen LogP contribution >= 0.6 is 0 Å². The first-order chi connectivity index (χ1) is 15.6. The van der Waals surface area contributed by atoms with Gasteiger partial charge in [0.2, 0.25) is 0 Å². The summed E-state index contributed by atoms with van der Waals surface area (Å²) in [6, 6.07) is 10.0. The van der Waals surface area contributed by atoms with Crippen LogP contribution < -0.4 is 15.4 Å². The van der Waals surface area contributed by atoms with E-state index in [1.807, 2.05) is 36.1 Å². The molecule has 1 aliphatic carbocycles. The van der Waals surface area contributed by atoms with Crippen molar-refractivity contribution < 1.29 is 9.53 Å². The highest BCUT2D eigenvalue weighted by Gasteiger charge is 2.44. The molecular formula is C25H31N5O2. The molecule has 5 rings (SSSR count). The molecule has 1 aromatic carbocycles. The standard InChI is InChI=1S/C25H31N5O2/c1-17-16-19(32-2)9-10-20(17)23(31)30-14-11-25(12-15-30)24(27-18-6-3-4-7-18)28-22-21(29-25)8-5-13-26-22/h5,8-10,13,16,18,29H,3-4,6-7,11-12,14-15H2,1-2H3,(H,26,27,28). The van der Waals surface area contributed by atoms with Gasteiger partial charge in [-0.1, -0.05) is 12.8 Å². The molecule has 0 unspecified atom stereocenters. The van der Waals surface area contributed by atoms with E-state index in [4.69, 9.17) is 9.73 Å². The average molecular weight is 434 g/mol. The van der Waals surface area contributed by atoms with Gasteiger partial charge in [-0.3, -0.25) is 9.79 Å². The highest BCUT2D eigenvalue weighted by molar-refractivity contribution is 6.09. The van der Waals surface area contributed by atoms with E-state index < -0.39 is 0 Å². The van der Waals surface area contributed by atoms with Crippen molar-refractivity contribution in [3.63, 3.8) is 0 Å². The van der Waals surface area contributed by atoms with E-state index in [0.717, 1.165) is 59.9 Å². The van der Waals surface area contributed by atoms with Gasteiger partial charge in [0.05, 0.1) is 24.4 Å². The molecule has 2 N–H and O–H groups in total. The van der Waals surface area contributed by atoms with E-state index in [1.165, 1.54) is 12.8 Å². The number of aryl methyl sites for hydroxylation is 1. The molecule has 1 saturated carbocycles. The molecule has 1 amide bonds. The molecule has 1 aromatic heterocycles. The fraction of sp³-hybridized carbons (Fsp3) is 0.480. The smallest absolute Gasteiger partial charge is 0.254 e. The summed E-state index contributed by atoms with van der Waals surface area (Å²) in [7, 11) is 1.64. The summed E-state index contributed by atoms with van der Waals surface area (Å²) >= 11 is 0. The number of nitrogens with zero attached hydrogens (tertiary/aromatic N) is 3. The maximum absolute atomic E-state index is 13.3. The second-order valence-electron chi connectivity index (χ2n) is 9.12. The maximum atomic E-state index is 13.3. The third-order valence-electron chi connectivity index (χ3n) is 7.08. The van der Waals surface area contributed by atoms with Crippen LogP contribution in [0.2, 0.25) is 0 Å². The Bertz CT molecular complexity index is 1040. The number of aromatic nitrogens is 1. The van der Waals surface area contributed by atoms with Gasteiger partial charge in [-0.2, -0.15) is 0 Å². The lowest BCUT2D eigenvalue weighted by Gasteiger charge is -2.46. The highest BCUT2D eigenvalue weighted by Crippen LogP contribution is 2.37. The number of aliphatic imine (C=N–C) groups is 1. The van der Waals surface area contributed by atoms with Crippen molar-refractivity contribution in [2.24, 2.45) is 4.99 Å². The third kappa shape index (κ3) is 3.80. The fourth-order valence-electron chi connectivity index (χ4n) is 5.15. The van der Waals surface area contributed by atoms with Gasteiger partial charge in [0.25, 0.3) is 5.91 Å². The largest absolute Gasteiger partial charge is 0.497 e. The quantitative estimate of drug-likeness (QED) is 0.757. The van der Waals surface area contributed by atoms with E-state index in [2.05, 4.69) is 21.7 Å².